The molecule has 2 rings (SSSR count). The number of halogens is 3. The third-order valence-corrected chi connectivity index (χ3v) is 3.24. The molecular weight excluding hydrogens is 297 g/mol. The summed E-state index contributed by atoms with van der Waals surface area (Å²) in [6, 6.07) is 0. The Balaban J connectivity index is 2.44. The third-order valence-electron chi connectivity index (χ3n) is 3.24. The molecule has 2 aromatic heterocycles. The molecule has 122 valence electrons. The second-order valence-corrected chi connectivity index (χ2v) is 4.85. The number of fused-ring (bicyclic) bond motifs is 1. The van der Waals surface area contributed by atoms with Crippen molar-refractivity contribution >= 4 is 16.9 Å². The Morgan fingerprint density at radius 2 is 2.09 bits per heavy atom. The van der Waals surface area contributed by atoms with Crippen molar-refractivity contribution in [2.75, 3.05) is 18.5 Å². The van der Waals surface area contributed by atoms with Gasteiger partial charge in [0.2, 0.25) is 0 Å². The molecule has 0 aliphatic rings. The van der Waals surface area contributed by atoms with E-state index < -0.39 is 12.3 Å². The first-order valence-electron chi connectivity index (χ1n) is 7.23. The van der Waals surface area contributed by atoms with E-state index in [9.17, 15) is 13.2 Å². The molecule has 0 aliphatic heterocycles. The fourth-order valence-electron chi connectivity index (χ4n) is 2.24. The Hall–Kier alpha value is -1.83. The van der Waals surface area contributed by atoms with E-state index in [0.29, 0.717) is 23.4 Å². The van der Waals surface area contributed by atoms with Crippen LogP contribution >= 0.6 is 0 Å². The lowest BCUT2D eigenvalue weighted by atomic mass is 10.1. The summed E-state index contributed by atoms with van der Waals surface area (Å²) in [7, 11) is 0. The Bertz CT molecular complexity index is 612. The second-order valence-electron chi connectivity index (χ2n) is 4.85. The fraction of sp³-hybridized carbons (Fsp3) is 0.571. The van der Waals surface area contributed by atoms with E-state index in [1.54, 1.807) is 0 Å². The second kappa shape index (κ2) is 6.95. The van der Waals surface area contributed by atoms with Crippen molar-refractivity contribution in [1.29, 1.82) is 0 Å². The van der Waals surface area contributed by atoms with Crippen molar-refractivity contribution in [3.63, 3.8) is 0 Å². The fourth-order valence-corrected chi connectivity index (χ4v) is 2.24. The number of aromatic nitrogens is 3. The number of alkyl halides is 3. The molecule has 0 bridgehead atoms. The molecule has 2 N–H and O–H groups in total. The summed E-state index contributed by atoms with van der Waals surface area (Å²) in [6.45, 7) is 4.17. The maximum Gasteiger partial charge on any atom is 0.418 e. The molecule has 0 radical (unpaired) electrons. The molecule has 0 aromatic carbocycles. The van der Waals surface area contributed by atoms with E-state index in [1.807, 2.05) is 6.92 Å². The molecule has 1 atom stereocenters. The summed E-state index contributed by atoms with van der Waals surface area (Å²) in [5.74, 6) is 0.392. The van der Waals surface area contributed by atoms with Crippen LogP contribution in [-0.2, 0) is 4.74 Å². The van der Waals surface area contributed by atoms with Gasteiger partial charge in [-0.15, -0.1) is 0 Å². The Morgan fingerprint density at radius 1 is 1.32 bits per heavy atom. The van der Waals surface area contributed by atoms with Crippen molar-refractivity contribution in [3.8, 4) is 0 Å². The highest BCUT2D eigenvalue weighted by molar-refractivity contribution is 5.90. The smallest absolute Gasteiger partial charge is 0.369 e. The average Bonchev–Trinajstić information content (AvgIpc) is 2.88. The largest absolute Gasteiger partial charge is 0.418 e. The van der Waals surface area contributed by atoms with E-state index in [0.717, 1.165) is 12.8 Å². The molecule has 0 fully saturated rings. The van der Waals surface area contributed by atoms with Crippen LogP contribution in [0, 0.1) is 0 Å². The van der Waals surface area contributed by atoms with Gasteiger partial charge in [0.15, 0.2) is 6.10 Å². The first-order valence-corrected chi connectivity index (χ1v) is 7.23. The molecule has 2 heterocycles. The lowest BCUT2D eigenvalue weighted by Gasteiger charge is -2.20. The number of H-pyrrole nitrogens is 1. The Morgan fingerprint density at radius 3 is 2.73 bits per heavy atom. The summed E-state index contributed by atoms with van der Waals surface area (Å²) in [4.78, 5) is 10.8. The number of anilines is 1. The summed E-state index contributed by atoms with van der Waals surface area (Å²) in [6.07, 6.45) is -2.01. The predicted octanol–water partition coefficient (Wildman–Crippen LogP) is 3.81. The normalized spacial score (nSPS) is 13.5. The monoisotopic (exact) mass is 316 g/mol. The molecule has 0 spiro atoms. The van der Waals surface area contributed by atoms with Crippen LogP contribution in [-0.4, -0.2) is 34.3 Å². The van der Waals surface area contributed by atoms with Crippen LogP contribution in [0.3, 0.4) is 0 Å². The summed E-state index contributed by atoms with van der Waals surface area (Å²) < 4.78 is 44.6. The number of hydrogen-bond donors (Lipinski definition) is 2. The van der Waals surface area contributed by atoms with Crippen molar-refractivity contribution in [2.24, 2.45) is 0 Å². The lowest BCUT2D eigenvalue weighted by molar-refractivity contribution is -0.222. The molecule has 2 aromatic rings. The number of nitrogens with one attached hydrogen (secondary N) is 2. The summed E-state index contributed by atoms with van der Waals surface area (Å²) >= 11 is 0. The van der Waals surface area contributed by atoms with Gasteiger partial charge < -0.3 is 15.0 Å². The van der Waals surface area contributed by atoms with Crippen LogP contribution in [0.5, 0.6) is 0 Å². The minimum Gasteiger partial charge on any atom is -0.369 e. The van der Waals surface area contributed by atoms with Crippen molar-refractivity contribution in [3.05, 3.63) is 18.1 Å². The summed E-state index contributed by atoms with van der Waals surface area (Å²) in [5.41, 5.74) is 0.363. The molecule has 8 heteroatoms. The number of unbranched alkanes of at least 4 members (excludes halogenated alkanes) is 1. The van der Waals surface area contributed by atoms with Crippen molar-refractivity contribution in [1.82, 2.24) is 15.0 Å². The minimum absolute atomic E-state index is 0.00366. The first kappa shape index (κ1) is 16.5. The Kier molecular flexibility index (Phi) is 5.23. The zero-order valence-electron chi connectivity index (χ0n) is 12.5. The number of hydrogen-bond acceptors (Lipinski definition) is 4. The standard InChI is InChI=1S/C14H19F3N4O/c1-3-5-6-18-12-10-9(7-19-13(10)21-8-20-12)11(22-4-2)14(15,16)17/h7-8,11H,3-6H2,1-2H3,(H2,18,19,20,21). The number of nitrogens with zero attached hydrogens (tertiary/aromatic N) is 2. The van der Waals surface area contributed by atoms with Gasteiger partial charge in [-0.05, 0) is 13.3 Å². The maximum atomic E-state index is 13.2. The van der Waals surface area contributed by atoms with E-state index in [2.05, 4.69) is 20.3 Å². The number of aromatic amines is 1. The van der Waals surface area contributed by atoms with Gasteiger partial charge in [-0.3, -0.25) is 0 Å². The van der Waals surface area contributed by atoms with Crippen LogP contribution in [0.25, 0.3) is 11.0 Å². The molecule has 5 nitrogen and oxygen atoms in total. The lowest BCUT2D eigenvalue weighted by Crippen LogP contribution is -2.23. The van der Waals surface area contributed by atoms with Crippen LogP contribution in [0.15, 0.2) is 12.5 Å². The van der Waals surface area contributed by atoms with Gasteiger partial charge in [0, 0.05) is 24.9 Å². The number of ether oxygens (including phenoxy) is 1. The average molecular weight is 316 g/mol. The zero-order valence-corrected chi connectivity index (χ0v) is 12.5. The van der Waals surface area contributed by atoms with E-state index in [4.69, 9.17) is 4.74 Å². The molecule has 0 saturated carbocycles. The highest BCUT2D eigenvalue weighted by atomic mass is 19.4. The number of rotatable bonds is 7. The van der Waals surface area contributed by atoms with Gasteiger partial charge in [0.05, 0.1) is 5.39 Å². The van der Waals surface area contributed by atoms with Gasteiger partial charge in [-0.25, -0.2) is 9.97 Å². The van der Waals surface area contributed by atoms with Gasteiger partial charge in [-0.1, -0.05) is 13.3 Å². The SMILES string of the molecule is CCCCNc1ncnc2[nH]cc(C(OCC)C(F)(F)F)c12. The zero-order chi connectivity index (χ0) is 16.2. The van der Waals surface area contributed by atoms with E-state index >= 15 is 0 Å². The van der Waals surface area contributed by atoms with Crippen LogP contribution in [0.1, 0.15) is 38.4 Å². The highest BCUT2D eigenvalue weighted by Gasteiger charge is 2.43. The third kappa shape index (κ3) is 3.49. The molecule has 1 unspecified atom stereocenters. The van der Waals surface area contributed by atoms with Crippen molar-refractivity contribution in [2.45, 2.75) is 39.0 Å². The van der Waals surface area contributed by atoms with Crippen LogP contribution in [0.2, 0.25) is 0 Å². The van der Waals surface area contributed by atoms with Crippen LogP contribution < -0.4 is 5.32 Å². The highest BCUT2D eigenvalue weighted by Crippen LogP contribution is 2.40. The maximum absolute atomic E-state index is 13.2. The van der Waals surface area contributed by atoms with Gasteiger partial charge in [-0.2, -0.15) is 13.2 Å². The van der Waals surface area contributed by atoms with E-state index in [-0.39, 0.29) is 12.2 Å². The van der Waals surface area contributed by atoms with E-state index in [1.165, 1.54) is 19.4 Å². The minimum atomic E-state index is -4.50. The van der Waals surface area contributed by atoms with Crippen LogP contribution in [0.4, 0.5) is 19.0 Å². The first-order chi connectivity index (χ1) is 10.5. The molecule has 0 aliphatic carbocycles. The quantitative estimate of drug-likeness (QED) is 0.763. The molecule has 0 amide bonds. The summed E-state index contributed by atoms with van der Waals surface area (Å²) in [5, 5.41) is 3.40. The Labute approximate surface area is 126 Å². The van der Waals surface area contributed by atoms with Crippen molar-refractivity contribution < 1.29 is 17.9 Å². The van der Waals surface area contributed by atoms with Gasteiger partial charge in [0.25, 0.3) is 0 Å². The van der Waals surface area contributed by atoms with Gasteiger partial charge in [0.1, 0.15) is 17.8 Å². The molecule has 22 heavy (non-hydrogen) atoms. The molecular formula is C14H19F3N4O. The van der Waals surface area contributed by atoms with Gasteiger partial charge >= 0.3 is 6.18 Å². The topological polar surface area (TPSA) is 62.8 Å². The predicted molar refractivity (Wildman–Crippen MR) is 77.7 cm³/mol. The molecule has 0 saturated heterocycles.